The van der Waals surface area contributed by atoms with Gasteiger partial charge in [-0.1, -0.05) is 37.3 Å². The lowest BCUT2D eigenvalue weighted by Gasteiger charge is -2.19. The van der Waals surface area contributed by atoms with Crippen LogP contribution in [0.4, 0.5) is 0 Å². The molecule has 0 saturated carbocycles. The van der Waals surface area contributed by atoms with E-state index in [9.17, 15) is 0 Å². The quantitative estimate of drug-likeness (QED) is 0.776. The van der Waals surface area contributed by atoms with Gasteiger partial charge in [-0.25, -0.2) is 0 Å². The number of hydrogen-bond donors (Lipinski definition) is 1. The van der Waals surface area contributed by atoms with Gasteiger partial charge < -0.3 is 5.32 Å². The van der Waals surface area contributed by atoms with E-state index >= 15 is 0 Å². The van der Waals surface area contributed by atoms with Gasteiger partial charge in [0, 0.05) is 17.6 Å². The lowest BCUT2D eigenvalue weighted by molar-refractivity contribution is 0.522. The van der Waals surface area contributed by atoms with Crippen molar-refractivity contribution in [2.45, 2.75) is 25.8 Å². The van der Waals surface area contributed by atoms with Gasteiger partial charge in [0.25, 0.3) is 0 Å². The first-order chi connectivity index (χ1) is 8.86. The molecule has 1 unspecified atom stereocenters. The fourth-order valence-corrected chi connectivity index (χ4v) is 2.31. The summed E-state index contributed by atoms with van der Waals surface area (Å²) < 4.78 is 0. The largest absolute Gasteiger partial charge is 0.310 e. The van der Waals surface area contributed by atoms with Crippen molar-refractivity contribution in [3.8, 4) is 0 Å². The summed E-state index contributed by atoms with van der Waals surface area (Å²) in [4.78, 5) is 4.53. The summed E-state index contributed by atoms with van der Waals surface area (Å²) in [5.41, 5.74) is 2.40. The Bertz CT molecular complexity index is 514. The summed E-state index contributed by atoms with van der Waals surface area (Å²) in [6.07, 6.45) is 5.92. The van der Waals surface area contributed by atoms with Crippen molar-refractivity contribution in [1.82, 2.24) is 10.3 Å². The number of benzene rings is 1. The lowest BCUT2D eigenvalue weighted by atomic mass is 9.99. The van der Waals surface area contributed by atoms with Gasteiger partial charge in [0.05, 0.1) is 5.52 Å². The van der Waals surface area contributed by atoms with Crippen molar-refractivity contribution < 1.29 is 0 Å². The molecule has 0 fully saturated rings. The second kappa shape index (κ2) is 6.31. The van der Waals surface area contributed by atoms with Crippen molar-refractivity contribution in [2.75, 3.05) is 6.54 Å². The molecule has 2 heteroatoms. The molecule has 1 N–H and O–H groups in total. The zero-order chi connectivity index (χ0) is 12.8. The van der Waals surface area contributed by atoms with E-state index in [1.165, 1.54) is 10.9 Å². The number of allylic oxidation sites excluding steroid dienone is 1. The third-order valence-corrected chi connectivity index (χ3v) is 3.15. The Hall–Kier alpha value is -1.67. The molecule has 94 valence electrons. The maximum absolute atomic E-state index is 4.53. The summed E-state index contributed by atoms with van der Waals surface area (Å²) >= 11 is 0. The van der Waals surface area contributed by atoms with Crippen LogP contribution < -0.4 is 5.32 Å². The second-order valence-electron chi connectivity index (χ2n) is 4.40. The molecule has 0 aliphatic rings. The molecule has 2 nitrogen and oxygen atoms in total. The molecule has 1 aromatic carbocycles. The Morgan fingerprint density at radius 2 is 2.17 bits per heavy atom. The van der Waals surface area contributed by atoms with Crippen LogP contribution in [0.15, 0.2) is 49.2 Å². The van der Waals surface area contributed by atoms with Gasteiger partial charge in [0.1, 0.15) is 0 Å². The Morgan fingerprint density at radius 3 is 2.94 bits per heavy atom. The molecule has 0 saturated heterocycles. The first-order valence-corrected chi connectivity index (χ1v) is 6.54. The van der Waals surface area contributed by atoms with E-state index in [0.29, 0.717) is 6.04 Å². The Labute approximate surface area is 109 Å². The third-order valence-electron chi connectivity index (χ3n) is 3.15. The van der Waals surface area contributed by atoms with Gasteiger partial charge in [0.15, 0.2) is 0 Å². The Kier molecular flexibility index (Phi) is 4.48. The molecule has 1 atom stereocenters. The smallest absolute Gasteiger partial charge is 0.0749 e. The number of fused-ring (bicyclic) bond motifs is 1. The number of aromatic nitrogens is 1. The summed E-state index contributed by atoms with van der Waals surface area (Å²) in [5.74, 6) is 0. The van der Waals surface area contributed by atoms with Gasteiger partial charge in [-0.05, 0) is 31.0 Å². The predicted molar refractivity (Wildman–Crippen MR) is 77.6 cm³/mol. The number of hydrogen-bond acceptors (Lipinski definition) is 2. The van der Waals surface area contributed by atoms with Crippen LogP contribution in [0.2, 0.25) is 0 Å². The fourth-order valence-electron chi connectivity index (χ4n) is 2.31. The summed E-state index contributed by atoms with van der Waals surface area (Å²) in [7, 11) is 0. The predicted octanol–water partition coefficient (Wildman–Crippen LogP) is 3.85. The Balaban J connectivity index is 2.39. The van der Waals surface area contributed by atoms with Crippen molar-refractivity contribution in [2.24, 2.45) is 0 Å². The molecule has 0 radical (unpaired) electrons. The normalized spacial score (nSPS) is 12.5. The van der Waals surface area contributed by atoms with Crippen LogP contribution in [-0.4, -0.2) is 11.5 Å². The summed E-state index contributed by atoms with van der Waals surface area (Å²) in [5, 5.41) is 4.74. The van der Waals surface area contributed by atoms with E-state index < -0.39 is 0 Å². The second-order valence-corrected chi connectivity index (χ2v) is 4.40. The SMILES string of the molecule is C=CCCC(NCC)c1cccc2cccnc12. The topological polar surface area (TPSA) is 24.9 Å². The van der Waals surface area contributed by atoms with Crippen molar-refractivity contribution in [3.05, 3.63) is 54.7 Å². The molecule has 1 heterocycles. The monoisotopic (exact) mass is 240 g/mol. The van der Waals surface area contributed by atoms with Crippen molar-refractivity contribution in [1.29, 1.82) is 0 Å². The van der Waals surface area contributed by atoms with E-state index in [2.05, 4.69) is 48.1 Å². The molecule has 2 rings (SSSR count). The number of nitrogens with one attached hydrogen (secondary N) is 1. The van der Waals surface area contributed by atoms with Crippen LogP contribution in [0.3, 0.4) is 0 Å². The molecule has 2 aromatic rings. The lowest BCUT2D eigenvalue weighted by Crippen LogP contribution is -2.21. The first-order valence-electron chi connectivity index (χ1n) is 6.54. The standard InChI is InChI=1S/C16H20N2/c1-3-5-11-15(17-4-2)14-10-6-8-13-9-7-12-18-16(13)14/h3,6-10,12,15,17H,1,4-5,11H2,2H3. The van der Waals surface area contributed by atoms with Crippen LogP contribution >= 0.6 is 0 Å². The molecule has 0 aliphatic carbocycles. The molecule has 1 aromatic heterocycles. The van der Waals surface area contributed by atoms with Crippen molar-refractivity contribution >= 4 is 10.9 Å². The molecular formula is C16H20N2. The number of rotatable bonds is 6. The minimum atomic E-state index is 0.353. The van der Waals surface area contributed by atoms with E-state index in [1.54, 1.807) is 0 Å². The van der Waals surface area contributed by atoms with Crippen molar-refractivity contribution in [3.63, 3.8) is 0 Å². The maximum Gasteiger partial charge on any atom is 0.0749 e. The Morgan fingerprint density at radius 1 is 1.33 bits per heavy atom. The van der Waals surface area contributed by atoms with Gasteiger partial charge >= 0.3 is 0 Å². The highest BCUT2D eigenvalue weighted by Crippen LogP contribution is 2.25. The summed E-state index contributed by atoms with van der Waals surface area (Å²) in [6, 6.07) is 10.8. The number of para-hydroxylation sites is 1. The molecule has 0 amide bonds. The minimum absolute atomic E-state index is 0.353. The zero-order valence-electron chi connectivity index (χ0n) is 10.9. The first kappa shape index (κ1) is 12.8. The van der Waals surface area contributed by atoms with Gasteiger partial charge in [-0.2, -0.15) is 0 Å². The molecular weight excluding hydrogens is 220 g/mol. The molecule has 18 heavy (non-hydrogen) atoms. The van der Waals surface area contributed by atoms with E-state index in [4.69, 9.17) is 0 Å². The molecule has 0 bridgehead atoms. The van der Waals surface area contributed by atoms with E-state index in [-0.39, 0.29) is 0 Å². The third kappa shape index (κ3) is 2.77. The van der Waals surface area contributed by atoms with Gasteiger partial charge in [-0.3, -0.25) is 4.98 Å². The average molecular weight is 240 g/mol. The highest BCUT2D eigenvalue weighted by Gasteiger charge is 2.12. The van der Waals surface area contributed by atoms with E-state index in [1.807, 2.05) is 18.3 Å². The molecule has 0 spiro atoms. The number of nitrogens with zero attached hydrogens (tertiary/aromatic N) is 1. The zero-order valence-corrected chi connectivity index (χ0v) is 10.9. The van der Waals surface area contributed by atoms with Crippen LogP contribution in [0.25, 0.3) is 10.9 Å². The van der Waals surface area contributed by atoms with Crippen LogP contribution in [-0.2, 0) is 0 Å². The fraction of sp³-hybridized carbons (Fsp3) is 0.312. The van der Waals surface area contributed by atoms with Crippen LogP contribution in [0.1, 0.15) is 31.4 Å². The van der Waals surface area contributed by atoms with E-state index in [0.717, 1.165) is 24.9 Å². The van der Waals surface area contributed by atoms with Gasteiger partial charge in [-0.15, -0.1) is 6.58 Å². The summed E-state index contributed by atoms with van der Waals surface area (Å²) in [6.45, 7) is 6.91. The number of pyridine rings is 1. The van der Waals surface area contributed by atoms with Crippen LogP contribution in [0, 0.1) is 0 Å². The maximum atomic E-state index is 4.53. The van der Waals surface area contributed by atoms with Gasteiger partial charge in [0.2, 0.25) is 0 Å². The highest BCUT2D eigenvalue weighted by atomic mass is 14.9. The van der Waals surface area contributed by atoms with Crippen LogP contribution in [0.5, 0.6) is 0 Å². The highest BCUT2D eigenvalue weighted by molar-refractivity contribution is 5.81. The average Bonchev–Trinajstić information content (AvgIpc) is 2.43. The minimum Gasteiger partial charge on any atom is -0.310 e. The molecule has 0 aliphatic heterocycles.